The van der Waals surface area contributed by atoms with E-state index >= 15 is 0 Å². The van der Waals surface area contributed by atoms with E-state index < -0.39 is 9.85 Å². The van der Waals surface area contributed by atoms with Gasteiger partial charge in [0.1, 0.15) is 12.4 Å². The van der Waals surface area contributed by atoms with E-state index in [4.69, 9.17) is 4.74 Å². The van der Waals surface area contributed by atoms with E-state index in [2.05, 4.69) is 5.32 Å². The zero-order valence-corrected chi connectivity index (χ0v) is 13.2. The Morgan fingerprint density at radius 2 is 1.48 bits per heavy atom. The van der Waals surface area contributed by atoms with Crippen molar-refractivity contribution < 1.29 is 19.7 Å². The lowest BCUT2D eigenvalue weighted by molar-refractivity contribution is -0.385. The van der Waals surface area contributed by atoms with Crippen LogP contribution in [0.4, 0.5) is 11.4 Å². The zero-order chi connectivity index (χ0) is 18.2. The largest absolute Gasteiger partial charge is 0.492 e. The summed E-state index contributed by atoms with van der Waals surface area (Å²) in [6, 6.07) is 11.3. The Labute approximate surface area is 143 Å². The van der Waals surface area contributed by atoms with Gasteiger partial charge in [-0.15, -0.1) is 0 Å². The van der Waals surface area contributed by atoms with Gasteiger partial charge in [0, 0.05) is 30.8 Å². The molecule has 0 aliphatic rings. The number of nitro benzene ring substituents is 2. The van der Waals surface area contributed by atoms with Gasteiger partial charge in [-0.1, -0.05) is 12.1 Å². The number of non-ortho nitro benzene ring substituents is 2. The SMILES string of the molecule is O=[N+]([O-])c1ccc(OCCNC(CO)c2ccc([N+](=O)[O-])cc2)cc1. The first-order chi connectivity index (χ1) is 12.0. The van der Waals surface area contributed by atoms with Crippen LogP contribution in [0.15, 0.2) is 48.5 Å². The van der Waals surface area contributed by atoms with Gasteiger partial charge in [0.05, 0.1) is 22.5 Å². The van der Waals surface area contributed by atoms with Crippen molar-refractivity contribution in [2.75, 3.05) is 19.8 Å². The lowest BCUT2D eigenvalue weighted by Crippen LogP contribution is -2.28. The average Bonchev–Trinajstić information content (AvgIpc) is 2.62. The molecule has 0 fully saturated rings. The van der Waals surface area contributed by atoms with E-state index in [9.17, 15) is 25.3 Å². The van der Waals surface area contributed by atoms with Crippen molar-refractivity contribution in [3.05, 3.63) is 74.3 Å². The predicted molar refractivity (Wildman–Crippen MR) is 89.5 cm³/mol. The first kappa shape index (κ1) is 18.3. The molecular formula is C16H17N3O6. The molecule has 0 saturated heterocycles. The van der Waals surface area contributed by atoms with Gasteiger partial charge in [0.2, 0.25) is 0 Å². The molecule has 1 unspecified atom stereocenters. The molecule has 132 valence electrons. The smallest absolute Gasteiger partial charge is 0.269 e. The molecule has 2 aromatic rings. The molecule has 0 bridgehead atoms. The van der Waals surface area contributed by atoms with Crippen molar-refractivity contribution in [3.63, 3.8) is 0 Å². The van der Waals surface area contributed by atoms with E-state index in [1.54, 1.807) is 12.1 Å². The summed E-state index contributed by atoms with van der Waals surface area (Å²) in [6.07, 6.45) is 0. The minimum absolute atomic E-state index is 0.0102. The van der Waals surface area contributed by atoms with Crippen molar-refractivity contribution in [2.45, 2.75) is 6.04 Å². The lowest BCUT2D eigenvalue weighted by Gasteiger charge is -2.17. The summed E-state index contributed by atoms with van der Waals surface area (Å²) in [5, 5.41) is 33.7. The van der Waals surface area contributed by atoms with E-state index in [0.717, 1.165) is 5.56 Å². The Bertz CT molecular complexity index is 718. The summed E-state index contributed by atoms with van der Waals surface area (Å²) in [7, 11) is 0. The molecule has 25 heavy (non-hydrogen) atoms. The Morgan fingerprint density at radius 1 is 0.960 bits per heavy atom. The minimum Gasteiger partial charge on any atom is -0.492 e. The molecule has 0 aromatic heterocycles. The van der Waals surface area contributed by atoms with E-state index in [-0.39, 0.29) is 24.0 Å². The highest BCUT2D eigenvalue weighted by molar-refractivity contribution is 5.36. The number of ether oxygens (including phenoxy) is 1. The van der Waals surface area contributed by atoms with Gasteiger partial charge < -0.3 is 15.2 Å². The number of nitrogens with zero attached hydrogens (tertiary/aromatic N) is 2. The number of hydrogen-bond acceptors (Lipinski definition) is 7. The Hall–Kier alpha value is -3.04. The molecular weight excluding hydrogens is 330 g/mol. The van der Waals surface area contributed by atoms with E-state index in [0.29, 0.717) is 18.9 Å². The fraction of sp³-hybridized carbons (Fsp3) is 0.250. The zero-order valence-electron chi connectivity index (χ0n) is 13.2. The molecule has 0 aliphatic carbocycles. The molecule has 0 radical (unpaired) electrons. The van der Waals surface area contributed by atoms with E-state index in [1.807, 2.05) is 0 Å². The summed E-state index contributed by atoms with van der Waals surface area (Å²) >= 11 is 0. The highest BCUT2D eigenvalue weighted by atomic mass is 16.6. The van der Waals surface area contributed by atoms with Gasteiger partial charge in [0.25, 0.3) is 11.4 Å². The van der Waals surface area contributed by atoms with Gasteiger partial charge >= 0.3 is 0 Å². The van der Waals surface area contributed by atoms with Crippen molar-refractivity contribution in [2.24, 2.45) is 0 Å². The van der Waals surface area contributed by atoms with Crippen molar-refractivity contribution in [3.8, 4) is 5.75 Å². The van der Waals surface area contributed by atoms with Gasteiger partial charge in [-0.25, -0.2) is 0 Å². The van der Waals surface area contributed by atoms with Crippen LogP contribution in [0.3, 0.4) is 0 Å². The maximum absolute atomic E-state index is 10.6. The van der Waals surface area contributed by atoms with Crippen LogP contribution < -0.4 is 10.1 Å². The standard InChI is InChI=1S/C16H17N3O6/c20-11-16(12-1-3-13(4-2-12)18(21)22)17-9-10-25-15-7-5-14(6-8-15)19(23)24/h1-8,16-17,20H,9-11H2. The Balaban J connectivity index is 1.82. The quantitative estimate of drug-likeness (QED) is 0.404. The summed E-state index contributed by atoms with van der Waals surface area (Å²) in [6.45, 7) is 0.538. The van der Waals surface area contributed by atoms with Crippen LogP contribution in [0.1, 0.15) is 11.6 Å². The van der Waals surface area contributed by atoms with Crippen LogP contribution in [0.2, 0.25) is 0 Å². The maximum Gasteiger partial charge on any atom is 0.269 e. The first-order valence-corrected chi connectivity index (χ1v) is 7.47. The molecule has 2 N–H and O–H groups in total. The summed E-state index contributed by atoms with van der Waals surface area (Å²) < 4.78 is 5.47. The third-order valence-corrected chi connectivity index (χ3v) is 3.50. The molecule has 9 heteroatoms. The molecule has 2 rings (SSSR count). The number of aliphatic hydroxyl groups excluding tert-OH is 1. The summed E-state index contributed by atoms with van der Waals surface area (Å²) in [5.74, 6) is 0.503. The predicted octanol–water partition coefficient (Wildman–Crippen LogP) is 2.21. The van der Waals surface area contributed by atoms with Crippen LogP contribution >= 0.6 is 0 Å². The number of nitrogens with one attached hydrogen (secondary N) is 1. The molecule has 0 heterocycles. The Kier molecular flexibility index (Phi) is 6.38. The van der Waals surface area contributed by atoms with Crippen LogP contribution in [0, 0.1) is 20.2 Å². The second-order valence-corrected chi connectivity index (χ2v) is 5.14. The van der Waals surface area contributed by atoms with Crippen LogP contribution in [0.25, 0.3) is 0 Å². The first-order valence-electron chi connectivity index (χ1n) is 7.47. The highest BCUT2D eigenvalue weighted by Crippen LogP contribution is 2.18. The van der Waals surface area contributed by atoms with Gasteiger partial charge in [0.15, 0.2) is 0 Å². The summed E-state index contributed by atoms with van der Waals surface area (Å²) in [4.78, 5) is 20.2. The molecule has 9 nitrogen and oxygen atoms in total. The molecule has 1 atom stereocenters. The van der Waals surface area contributed by atoms with Crippen molar-refractivity contribution in [1.82, 2.24) is 5.32 Å². The molecule has 0 spiro atoms. The maximum atomic E-state index is 10.6. The van der Waals surface area contributed by atoms with Gasteiger partial charge in [-0.2, -0.15) is 0 Å². The Morgan fingerprint density at radius 3 is 1.96 bits per heavy atom. The normalized spacial score (nSPS) is 11.7. The lowest BCUT2D eigenvalue weighted by atomic mass is 10.1. The second kappa shape index (κ2) is 8.71. The second-order valence-electron chi connectivity index (χ2n) is 5.14. The van der Waals surface area contributed by atoms with Crippen molar-refractivity contribution >= 4 is 11.4 Å². The topological polar surface area (TPSA) is 128 Å². The summed E-state index contributed by atoms with van der Waals surface area (Å²) in [5.41, 5.74) is 0.703. The van der Waals surface area contributed by atoms with Crippen LogP contribution in [0.5, 0.6) is 5.75 Å². The fourth-order valence-corrected chi connectivity index (χ4v) is 2.18. The molecule has 0 saturated carbocycles. The number of hydrogen-bond donors (Lipinski definition) is 2. The third-order valence-electron chi connectivity index (χ3n) is 3.50. The molecule has 2 aromatic carbocycles. The van der Waals surface area contributed by atoms with Crippen LogP contribution in [-0.2, 0) is 0 Å². The third kappa shape index (κ3) is 5.23. The number of nitro groups is 2. The minimum atomic E-state index is -0.485. The van der Waals surface area contributed by atoms with Crippen molar-refractivity contribution in [1.29, 1.82) is 0 Å². The average molecular weight is 347 g/mol. The molecule has 0 amide bonds. The van der Waals surface area contributed by atoms with Gasteiger partial charge in [-0.3, -0.25) is 20.2 Å². The highest BCUT2D eigenvalue weighted by Gasteiger charge is 2.12. The van der Waals surface area contributed by atoms with Gasteiger partial charge in [-0.05, 0) is 17.7 Å². The number of benzene rings is 2. The number of aliphatic hydroxyl groups is 1. The molecule has 0 aliphatic heterocycles. The fourth-order valence-electron chi connectivity index (χ4n) is 2.18. The van der Waals surface area contributed by atoms with Crippen LogP contribution in [-0.4, -0.2) is 34.7 Å². The number of rotatable bonds is 9. The monoisotopic (exact) mass is 347 g/mol. The van der Waals surface area contributed by atoms with E-state index in [1.165, 1.54) is 36.4 Å².